The number of methoxy groups -OCH3 is 1. The number of nitrogens with zero attached hydrogens (tertiary/aromatic N) is 1. The number of hydrogen-bond donors (Lipinski definition) is 1. The molecule has 0 fully saturated rings. The van der Waals surface area contributed by atoms with E-state index >= 15 is 0 Å². The van der Waals surface area contributed by atoms with Crippen molar-refractivity contribution in [3.8, 4) is 5.75 Å². The van der Waals surface area contributed by atoms with E-state index < -0.39 is 6.36 Å². The van der Waals surface area contributed by atoms with Gasteiger partial charge in [-0.2, -0.15) is 0 Å². The van der Waals surface area contributed by atoms with Crippen LogP contribution in [-0.4, -0.2) is 37.1 Å². The highest BCUT2D eigenvalue weighted by Crippen LogP contribution is 2.22. The monoisotopic (exact) mass is 384 g/mol. The molecule has 1 N–H and O–H groups in total. The van der Waals surface area contributed by atoms with E-state index in [9.17, 15) is 22.8 Å². The highest BCUT2D eigenvalue weighted by molar-refractivity contribution is 5.93. The number of benzene rings is 1. The maximum absolute atomic E-state index is 12.2. The third-order valence-electron chi connectivity index (χ3n) is 3.64. The number of alkyl halides is 3. The first-order valence-corrected chi connectivity index (χ1v) is 8.11. The van der Waals surface area contributed by atoms with Crippen LogP contribution in [-0.2, 0) is 17.7 Å². The lowest BCUT2D eigenvalue weighted by Crippen LogP contribution is -2.28. The molecule has 0 saturated heterocycles. The van der Waals surface area contributed by atoms with Gasteiger partial charge in [0.25, 0.3) is 11.5 Å². The van der Waals surface area contributed by atoms with Crippen molar-refractivity contribution in [2.24, 2.45) is 0 Å². The highest BCUT2D eigenvalue weighted by Gasteiger charge is 2.30. The zero-order valence-corrected chi connectivity index (χ0v) is 14.6. The molecule has 0 aliphatic carbocycles. The number of halogens is 3. The Hall–Kier alpha value is -2.81. The molecule has 0 radical (unpaired) electrons. The number of nitrogens with one attached hydrogen (secondary N) is 1. The van der Waals surface area contributed by atoms with Crippen LogP contribution in [0.25, 0.3) is 0 Å². The van der Waals surface area contributed by atoms with Crippen LogP contribution >= 0.6 is 0 Å². The maximum atomic E-state index is 12.2. The fraction of sp³-hybridized carbons (Fsp3) is 0.333. The van der Waals surface area contributed by atoms with Crippen molar-refractivity contribution in [3.05, 3.63) is 64.1 Å². The van der Waals surface area contributed by atoms with Gasteiger partial charge in [0.1, 0.15) is 5.75 Å². The van der Waals surface area contributed by atoms with Crippen LogP contribution in [0.1, 0.15) is 15.9 Å². The molecule has 1 amide bonds. The highest BCUT2D eigenvalue weighted by atomic mass is 19.4. The number of ether oxygens (including phenoxy) is 2. The molecule has 0 unspecified atom stereocenters. The van der Waals surface area contributed by atoms with E-state index in [1.54, 1.807) is 0 Å². The fourth-order valence-electron chi connectivity index (χ4n) is 2.31. The quantitative estimate of drug-likeness (QED) is 0.759. The van der Waals surface area contributed by atoms with Gasteiger partial charge >= 0.3 is 6.36 Å². The van der Waals surface area contributed by atoms with Gasteiger partial charge in [0.2, 0.25) is 0 Å². The number of hydrogen-bond acceptors (Lipinski definition) is 4. The molecule has 2 rings (SSSR count). The first kappa shape index (κ1) is 20.5. The third-order valence-corrected chi connectivity index (χ3v) is 3.64. The molecule has 0 spiro atoms. The molecule has 9 heteroatoms. The van der Waals surface area contributed by atoms with Gasteiger partial charge in [-0.25, -0.2) is 0 Å². The maximum Gasteiger partial charge on any atom is 0.573 e. The summed E-state index contributed by atoms with van der Waals surface area (Å²) in [6.07, 6.45) is -2.84. The van der Waals surface area contributed by atoms with Crippen molar-refractivity contribution >= 4 is 5.91 Å². The topological polar surface area (TPSA) is 69.6 Å². The number of pyridine rings is 1. The van der Waals surface area contributed by atoms with Crippen molar-refractivity contribution in [1.29, 1.82) is 0 Å². The Labute approximate surface area is 153 Å². The molecule has 146 valence electrons. The normalized spacial score (nSPS) is 11.3. The lowest BCUT2D eigenvalue weighted by molar-refractivity contribution is -0.274. The van der Waals surface area contributed by atoms with Crippen molar-refractivity contribution < 1.29 is 27.4 Å². The third kappa shape index (κ3) is 6.78. The molecule has 0 aliphatic heterocycles. The molecule has 0 bridgehead atoms. The van der Waals surface area contributed by atoms with Gasteiger partial charge in [0.05, 0.1) is 12.2 Å². The van der Waals surface area contributed by atoms with Crippen LogP contribution < -0.4 is 15.6 Å². The van der Waals surface area contributed by atoms with Crippen LogP contribution in [0.3, 0.4) is 0 Å². The number of amides is 1. The van der Waals surface area contributed by atoms with Crippen molar-refractivity contribution in [2.45, 2.75) is 19.3 Å². The smallest absolute Gasteiger partial charge is 0.406 e. The molecule has 6 nitrogen and oxygen atoms in total. The van der Waals surface area contributed by atoms with Crippen molar-refractivity contribution in [1.82, 2.24) is 9.88 Å². The second-order valence-electron chi connectivity index (χ2n) is 5.64. The Morgan fingerprint density at radius 2 is 1.85 bits per heavy atom. The van der Waals surface area contributed by atoms with Crippen LogP contribution in [0.2, 0.25) is 0 Å². The Kier molecular flexibility index (Phi) is 7.00. The predicted molar refractivity (Wildman–Crippen MR) is 91.7 cm³/mol. The number of aromatic nitrogens is 1. The largest absolute Gasteiger partial charge is 0.573 e. The minimum absolute atomic E-state index is 0.232. The Balaban J connectivity index is 1.88. The Bertz CT molecular complexity index is 817. The summed E-state index contributed by atoms with van der Waals surface area (Å²) < 4.78 is 46.5. The van der Waals surface area contributed by atoms with Gasteiger partial charge in [-0.15, -0.1) is 13.2 Å². The van der Waals surface area contributed by atoms with E-state index in [-0.39, 0.29) is 23.8 Å². The summed E-state index contributed by atoms with van der Waals surface area (Å²) in [7, 11) is 1.52. The lowest BCUT2D eigenvalue weighted by Gasteiger charge is -2.10. The van der Waals surface area contributed by atoms with E-state index in [2.05, 4.69) is 10.1 Å². The minimum Gasteiger partial charge on any atom is -0.406 e. The molecule has 0 saturated carbocycles. The molecular weight excluding hydrogens is 365 g/mol. The van der Waals surface area contributed by atoms with Gasteiger partial charge in [-0.1, -0.05) is 12.1 Å². The number of carbonyl (C=O) groups excluding carboxylic acids is 1. The molecule has 27 heavy (non-hydrogen) atoms. The fourth-order valence-corrected chi connectivity index (χ4v) is 2.31. The summed E-state index contributed by atoms with van der Waals surface area (Å²) in [5, 5.41) is 2.71. The van der Waals surface area contributed by atoms with E-state index in [1.807, 2.05) is 0 Å². The van der Waals surface area contributed by atoms with Gasteiger partial charge in [0.15, 0.2) is 0 Å². The van der Waals surface area contributed by atoms with Gasteiger partial charge < -0.3 is 19.4 Å². The van der Waals surface area contributed by atoms with E-state index in [0.29, 0.717) is 25.1 Å². The average Bonchev–Trinajstić information content (AvgIpc) is 2.61. The Morgan fingerprint density at radius 1 is 1.15 bits per heavy atom. The first-order chi connectivity index (χ1) is 12.8. The summed E-state index contributed by atoms with van der Waals surface area (Å²) in [6.45, 7) is 0.970. The van der Waals surface area contributed by atoms with Gasteiger partial charge in [0, 0.05) is 32.5 Å². The lowest BCUT2D eigenvalue weighted by atomic mass is 10.1. The molecule has 0 atom stereocenters. The van der Waals surface area contributed by atoms with Crippen molar-refractivity contribution in [3.63, 3.8) is 0 Å². The van der Waals surface area contributed by atoms with Crippen LogP contribution in [0, 0.1) is 0 Å². The molecule has 0 aliphatic rings. The number of rotatable bonds is 8. The summed E-state index contributed by atoms with van der Waals surface area (Å²) in [4.78, 5) is 23.9. The standard InChI is InChI=1S/C18H19F3N2O4/c1-26-11-10-23-12-14(4-7-16(23)24)17(25)22-9-8-13-2-5-15(6-3-13)27-18(19,20)21/h2-7,12H,8-11H2,1H3,(H,22,25). The second kappa shape index (κ2) is 9.22. The summed E-state index contributed by atoms with van der Waals surface area (Å²) in [5.74, 6) is -0.646. The zero-order valence-electron chi connectivity index (χ0n) is 14.6. The summed E-state index contributed by atoms with van der Waals surface area (Å²) in [6, 6.07) is 8.18. The Morgan fingerprint density at radius 3 is 2.48 bits per heavy atom. The summed E-state index contributed by atoms with van der Waals surface area (Å²) in [5.41, 5.74) is 0.847. The van der Waals surface area contributed by atoms with Crippen LogP contribution in [0.5, 0.6) is 5.75 Å². The SMILES string of the molecule is COCCn1cc(C(=O)NCCc2ccc(OC(F)(F)F)cc2)ccc1=O. The average molecular weight is 384 g/mol. The van der Waals surface area contributed by atoms with E-state index in [0.717, 1.165) is 5.56 Å². The first-order valence-electron chi connectivity index (χ1n) is 8.11. The number of carbonyl (C=O) groups is 1. The molecule has 1 aromatic heterocycles. The zero-order chi connectivity index (χ0) is 19.9. The molecule has 1 heterocycles. The van der Waals surface area contributed by atoms with Gasteiger partial charge in [-0.3, -0.25) is 9.59 Å². The summed E-state index contributed by atoms with van der Waals surface area (Å²) >= 11 is 0. The van der Waals surface area contributed by atoms with E-state index in [4.69, 9.17) is 4.74 Å². The van der Waals surface area contributed by atoms with E-state index in [1.165, 1.54) is 54.3 Å². The van der Waals surface area contributed by atoms with Crippen molar-refractivity contribution in [2.75, 3.05) is 20.3 Å². The molecular formula is C18H19F3N2O4. The minimum atomic E-state index is -4.73. The van der Waals surface area contributed by atoms with Gasteiger partial charge in [-0.05, 0) is 30.2 Å². The van der Waals surface area contributed by atoms with Crippen LogP contribution in [0.15, 0.2) is 47.4 Å². The van der Waals surface area contributed by atoms with Crippen LogP contribution in [0.4, 0.5) is 13.2 Å². The molecule has 1 aromatic carbocycles. The predicted octanol–water partition coefficient (Wildman–Crippen LogP) is 2.37. The second-order valence-corrected chi connectivity index (χ2v) is 5.64. The molecule has 2 aromatic rings.